The molecule has 0 spiro atoms. The smallest absolute Gasteiger partial charge is 0.231 e. The standard InChI is InChI=1S/C14H14O5/c1-17-9-6-4-5-8-7-10(18-2)14(19-3)13(16)11(8)12(9)15/h4-7,16H,1-3H3/i1D3,2D3,3D3. The average molecular weight is 271 g/mol. The van der Waals surface area contributed by atoms with Crippen LogP contribution in [0, 0.1) is 0 Å². The molecule has 5 heteroatoms. The normalized spacial score (nSPS) is 19.3. The van der Waals surface area contributed by atoms with Crippen LogP contribution < -0.4 is 19.6 Å². The lowest BCUT2D eigenvalue weighted by Crippen LogP contribution is -2.03. The van der Waals surface area contributed by atoms with Gasteiger partial charge in [0.05, 0.1) is 38.8 Å². The topological polar surface area (TPSA) is 65.0 Å². The molecule has 0 aromatic heterocycles. The van der Waals surface area contributed by atoms with Crippen molar-refractivity contribution in [2.45, 2.75) is 0 Å². The van der Waals surface area contributed by atoms with Crippen LogP contribution >= 0.6 is 0 Å². The molecule has 0 atom stereocenters. The molecule has 0 fully saturated rings. The van der Waals surface area contributed by atoms with Crippen LogP contribution in [0.1, 0.15) is 12.3 Å². The number of fused-ring (bicyclic) bond motifs is 1. The molecule has 2 aromatic rings. The van der Waals surface area contributed by atoms with Gasteiger partial charge in [0.25, 0.3) is 0 Å². The number of benzene rings is 1. The van der Waals surface area contributed by atoms with Gasteiger partial charge >= 0.3 is 0 Å². The van der Waals surface area contributed by atoms with Crippen molar-refractivity contribution >= 4 is 10.8 Å². The lowest BCUT2D eigenvalue weighted by Gasteiger charge is -2.10. The molecular weight excluding hydrogens is 248 g/mol. The first-order chi connectivity index (χ1) is 12.6. The van der Waals surface area contributed by atoms with Gasteiger partial charge in [0.15, 0.2) is 17.2 Å². The van der Waals surface area contributed by atoms with Crippen LogP contribution in [0.5, 0.6) is 23.0 Å². The summed E-state index contributed by atoms with van der Waals surface area (Å²) in [6.45, 7) is 0. The number of phenolic OH excluding ortho intramolecular Hbond substituents is 1. The number of phenols is 1. The van der Waals surface area contributed by atoms with Crippen molar-refractivity contribution in [3.05, 3.63) is 34.5 Å². The minimum absolute atomic E-state index is 0.0694. The van der Waals surface area contributed by atoms with E-state index in [1.807, 2.05) is 0 Å². The fourth-order valence-corrected chi connectivity index (χ4v) is 1.71. The van der Waals surface area contributed by atoms with Gasteiger partial charge in [-0.1, -0.05) is 12.1 Å². The Kier molecular flexibility index (Phi) is 1.51. The predicted octanol–water partition coefficient (Wildman–Crippen LogP) is 1.93. The van der Waals surface area contributed by atoms with Gasteiger partial charge in [0.1, 0.15) is 0 Å². The monoisotopic (exact) mass is 271 g/mol. The molecular formula is C14H14O5. The van der Waals surface area contributed by atoms with E-state index in [4.69, 9.17) is 17.1 Å². The van der Waals surface area contributed by atoms with Crippen molar-refractivity contribution in [1.82, 2.24) is 0 Å². The third-order valence-corrected chi connectivity index (χ3v) is 2.55. The van der Waals surface area contributed by atoms with Crippen LogP contribution in [0.2, 0.25) is 0 Å². The summed E-state index contributed by atoms with van der Waals surface area (Å²) in [6, 6.07) is 4.48. The highest BCUT2D eigenvalue weighted by Crippen LogP contribution is 2.41. The fourth-order valence-electron chi connectivity index (χ4n) is 1.71. The highest BCUT2D eigenvalue weighted by molar-refractivity contribution is 5.92. The molecule has 0 aliphatic rings. The van der Waals surface area contributed by atoms with Gasteiger partial charge < -0.3 is 19.3 Å². The lowest BCUT2D eigenvalue weighted by molar-refractivity contribution is 0.335. The molecule has 2 rings (SSSR count). The number of hydrogen-bond acceptors (Lipinski definition) is 5. The third-order valence-electron chi connectivity index (χ3n) is 2.55. The van der Waals surface area contributed by atoms with Gasteiger partial charge in [-0.05, 0) is 17.5 Å². The zero-order chi connectivity index (χ0) is 21.5. The van der Waals surface area contributed by atoms with E-state index in [-0.39, 0.29) is 5.39 Å². The summed E-state index contributed by atoms with van der Waals surface area (Å²) in [5.74, 6) is -3.24. The van der Waals surface area contributed by atoms with Gasteiger partial charge in [0, 0.05) is 0 Å². The third kappa shape index (κ3) is 2.03. The minimum Gasteiger partial charge on any atom is -0.504 e. The summed E-state index contributed by atoms with van der Waals surface area (Å²) < 4.78 is 78.3. The Morgan fingerprint density at radius 1 is 1.11 bits per heavy atom. The van der Waals surface area contributed by atoms with Gasteiger partial charge in [-0.15, -0.1) is 0 Å². The number of rotatable bonds is 3. The molecule has 0 unspecified atom stereocenters. The van der Waals surface area contributed by atoms with Crippen LogP contribution in [0.4, 0.5) is 0 Å². The summed E-state index contributed by atoms with van der Waals surface area (Å²) in [6.07, 6.45) is 0. The summed E-state index contributed by atoms with van der Waals surface area (Å²) in [5.41, 5.74) is -1.08. The molecule has 0 saturated carbocycles. The van der Waals surface area contributed by atoms with Gasteiger partial charge in [0.2, 0.25) is 11.2 Å². The zero-order valence-corrected chi connectivity index (χ0v) is 9.39. The first-order valence-corrected chi connectivity index (χ1v) is 4.97. The van der Waals surface area contributed by atoms with Crippen molar-refractivity contribution in [3.8, 4) is 23.0 Å². The second-order valence-corrected chi connectivity index (χ2v) is 3.54. The fraction of sp³-hybridized carbons (Fsp3) is 0.214. The largest absolute Gasteiger partial charge is 0.504 e. The lowest BCUT2D eigenvalue weighted by atomic mass is 10.1. The number of methoxy groups -OCH3 is 3. The van der Waals surface area contributed by atoms with Crippen molar-refractivity contribution in [2.24, 2.45) is 0 Å². The Bertz CT molecular complexity index is 947. The Balaban J connectivity index is 2.86. The van der Waals surface area contributed by atoms with E-state index in [0.29, 0.717) is 0 Å². The molecule has 1 N–H and O–H groups in total. The zero-order valence-electron chi connectivity index (χ0n) is 18.4. The number of ether oxygens (including phenoxy) is 3. The quantitative estimate of drug-likeness (QED) is 0.924. The summed E-state index contributed by atoms with van der Waals surface area (Å²) in [7, 11) is -9.09. The van der Waals surface area contributed by atoms with E-state index in [9.17, 15) is 9.90 Å². The first kappa shape index (κ1) is 5.69. The SMILES string of the molecule is [2H]C([2H])([2H])Oc1cc2cccc(OC([2H])([2H])[2H])c(=O)c2c(O)c1OC([2H])([2H])[2H]. The van der Waals surface area contributed by atoms with Gasteiger partial charge in [-0.25, -0.2) is 0 Å². The molecule has 0 aliphatic carbocycles. The summed E-state index contributed by atoms with van der Waals surface area (Å²) >= 11 is 0. The van der Waals surface area contributed by atoms with Crippen LogP contribution in [-0.2, 0) is 0 Å². The molecule has 0 amide bonds. The second-order valence-electron chi connectivity index (χ2n) is 3.54. The molecule has 0 aliphatic heterocycles. The first-order valence-electron chi connectivity index (χ1n) is 9.47. The molecule has 0 heterocycles. The Morgan fingerprint density at radius 2 is 1.84 bits per heavy atom. The van der Waals surface area contributed by atoms with Crippen molar-refractivity contribution in [1.29, 1.82) is 0 Å². The molecule has 100 valence electrons. The molecule has 0 radical (unpaired) electrons. The van der Waals surface area contributed by atoms with Crippen LogP contribution in [0.25, 0.3) is 10.8 Å². The Morgan fingerprint density at radius 3 is 2.58 bits per heavy atom. The average Bonchev–Trinajstić information content (AvgIpc) is 2.59. The molecule has 19 heavy (non-hydrogen) atoms. The van der Waals surface area contributed by atoms with E-state index in [1.165, 1.54) is 12.1 Å². The van der Waals surface area contributed by atoms with E-state index in [0.717, 1.165) is 12.1 Å². The molecule has 0 bridgehead atoms. The van der Waals surface area contributed by atoms with Gasteiger partial charge in [-0.2, -0.15) is 0 Å². The van der Waals surface area contributed by atoms with Crippen LogP contribution in [0.3, 0.4) is 0 Å². The minimum atomic E-state index is -3.12. The number of aromatic hydroxyl groups is 1. The highest BCUT2D eigenvalue weighted by Gasteiger charge is 2.17. The highest BCUT2D eigenvalue weighted by atomic mass is 16.5. The van der Waals surface area contributed by atoms with Crippen molar-refractivity contribution < 1.29 is 31.7 Å². The van der Waals surface area contributed by atoms with Crippen molar-refractivity contribution in [3.63, 3.8) is 0 Å². The summed E-state index contributed by atoms with van der Waals surface area (Å²) in [5, 5.41) is 9.86. The number of hydrogen-bond donors (Lipinski definition) is 1. The molecule has 2 aromatic carbocycles. The van der Waals surface area contributed by atoms with E-state index >= 15 is 0 Å². The molecule has 0 saturated heterocycles. The van der Waals surface area contributed by atoms with Crippen LogP contribution in [-0.4, -0.2) is 26.2 Å². The van der Waals surface area contributed by atoms with E-state index in [2.05, 4.69) is 9.47 Å². The van der Waals surface area contributed by atoms with Crippen molar-refractivity contribution in [2.75, 3.05) is 21.1 Å². The Labute approximate surface area is 122 Å². The van der Waals surface area contributed by atoms with E-state index in [1.54, 1.807) is 0 Å². The maximum atomic E-state index is 12.7. The summed E-state index contributed by atoms with van der Waals surface area (Å²) in [4.78, 5) is 12.7. The van der Waals surface area contributed by atoms with Crippen LogP contribution in [0.15, 0.2) is 29.1 Å². The van der Waals surface area contributed by atoms with E-state index < -0.39 is 54.9 Å². The van der Waals surface area contributed by atoms with Gasteiger partial charge in [-0.3, -0.25) is 4.79 Å². The molecule has 5 nitrogen and oxygen atoms in total. The Hall–Kier alpha value is -2.43. The maximum Gasteiger partial charge on any atom is 0.231 e. The maximum absolute atomic E-state index is 12.7. The second kappa shape index (κ2) is 5.06. The predicted molar refractivity (Wildman–Crippen MR) is 71.5 cm³/mol.